The Balaban J connectivity index is 1.55. The number of hydrazine groups is 1. The second-order valence-electron chi connectivity index (χ2n) is 11.1. The Morgan fingerprint density at radius 2 is 1.64 bits per heavy atom. The summed E-state index contributed by atoms with van der Waals surface area (Å²) >= 11 is 1.74. The van der Waals surface area contributed by atoms with Gasteiger partial charge in [-0.1, -0.05) is 26.2 Å². The number of imide groups is 1. The Morgan fingerprint density at radius 1 is 0.972 bits per heavy atom. The van der Waals surface area contributed by atoms with Crippen molar-refractivity contribution in [2.75, 3.05) is 11.5 Å². The number of piperidine rings is 1. The minimum absolute atomic E-state index is 0.216. The molecule has 2 aliphatic heterocycles. The van der Waals surface area contributed by atoms with Crippen molar-refractivity contribution in [1.29, 1.82) is 0 Å². The monoisotopic (exact) mass is 516 g/mol. The summed E-state index contributed by atoms with van der Waals surface area (Å²) in [4.78, 5) is 52.5. The molecule has 36 heavy (non-hydrogen) atoms. The summed E-state index contributed by atoms with van der Waals surface area (Å²) in [6, 6.07) is 4.25. The van der Waals surface area contributed by atoms with Gasteiger partial charge in [0.25, 0.3) is 17.7 Å². The van der Waals surface area contributed by atoms with E-state index in [1.807, 2.05) is 0 Å². The van der Waals surface area contributed by atoms with Crippen LogP contribution in [0.1, 0.15) is 111 Å². The van der Waals surface area contributed by atoms with Crippen molar-refractivity contribution in [2.24, 2.45) is 0 Å². The van der Waals surface area contributed by atoms with E-state index in [1.165, 1.54) is 42.4 Å². The minimum Gasteiger partial charge on any atom is -0.307 e. The predicted octanol–water partition coefficient (Wildman–Crippen LogP) is 4.06. The van der Waals surface area contributed by atoms with E-state index in [4.69, 9.17) is 0 Å². The van der Waals surface area contributed by atoms with Crippen molar-refractivity contribution in [3.63, 3.8) is 0 Å². The summed E-state index contributed by atoms with van der Waals surface area (Å²) in [6.07, 6.45) is 6.42. The minimum atomic E-state index is -0.527. The summed E-state index contributed by atoms with van der Waals surface area (Å²) in [5.41, 5.74) is 5.16. The molecule has 3 rings (SSSR count). The number of hydrogen-bond acceptors (Lipinski definition) is 6. The summed E-state index contributed by atoms with van der Waals surface area (Å²) in [5, 5.41) is 3.57. The second kappa shape index (κ2) is 11.8. The number of benzene rings is 1. The third-order valence-electron chi connectivity index (χ3n) is 6.65. The first kappa shape index (κ1) is 28.2. The number of amides is 4. The van der Waals surface area contributed by atoms with Crippen LogP contribution in [0.3, 0.4) is 0 Å². The van der Waals surface area contributed by atoms with Gasteiger partial charge in [-0.3, -0.25) is 34.9 Å². The van der Waals surface area contributed by atoms with Gasteiger partial charge in [0.05, 0.1) is 11.1 Å². The first-order valence-electron chi connectivity index (χ1n) is 12.9. The smallest absolute Gasteiger partial charge is 0.269 e. The molecule has 1 aromatic carbocycles. The molecule has 0 spiro atoms. The van der Waals surface area contributed by atoms with E-state index in [2.05, 4.69) is 50.8 Å². The van der Waals surface area contributed by atoms with Gasteiger partial charge in [-0.15, -0.1) is 0 Å². The Kier molecular flexibility index (Phi) is 9.22. The van der Waals surface area contributed by atoms with Crippen LogP contribution in [0.5, 0.6) is 0 Å². The van der Waals surface area contributed by atoms with E-state index < -0.39 is 5.91 Å². The molecule has 198 valence electrons. The number of nitrogens with zero attached hydrogens (tertiary/aromatic N) is 1. The standard InChI is InChI=1S/C27H40N4O4S/c1-6-7-8-9-13-36-14-12-22(32)28-29-23(33)18-10-11-20-21(15-18)25(35)31(24(20)34)19-16-26(2,3)30-27(4,5)17-19/h10-11,15,19,30H,6-9,12-14,16-17H2,1-5H3,(H,28,32)(H,29,33). The molecule has 0 bridgehead atoms. The fourth-order valence-electron chi connectivity index (χ4n) is 5.34. The van der Waals surface area contributed by atoms with Gasteiger partial charge in [-0.2, -0.15) is 11.8 Å². The number of fused-ring (bicyclic) bond motifs is 1. The molecule has 0 unspecified atom stereocenters. The van der Waals surface area contributed by atoms with Crippen LogP contribution < -0.4 is 16.2 Å². The molecule has 9 heteroatoms. The second-order valence-corrected chi connectivity index (χ2v) is 12.3. The fourth-order valence-corrected chi connectivity index (χ4v) is 6.28. The molecule has 3 N–H and O–H groups in total. The number of rotatable bonds is 10. The molecule has 1 fully saturated rings. The Hall–Kier alpha value is -2.39. The Bertz CT molecular complexity index is 991. The molecule has 4 amide bonds. The number of thioether (sulfide) groups is 1. The third-order valence-corrected chi connectivity index (χ3v) is 7.72. The number of carbonyl (C=O) groups is 4. The molecule has 0 atom stereocenters. The van der Waals surface area contributed by atoms with Crippen LogP contribution in [-0.4, -0.2) is 57.2 Å². The number of hydrogen-bond donors (Lipinski definition) is 3. The summed E-state index contributed by atoms with van der Waals surface area (Å²) in [7, 11) is 0. The van der Waals surface area contributed by atoms with E-state index in [9.17, 15) is 19.2 Å². The van der Waals surface area contributed by atoms with Gasteiger partial charge in [0.2, 0.25) is 5.91 Å². The van der Waals surface area contributed by atoms with E-state index in [-0.39, 0.29) is 46.0 Å². The molecule has 0 aromatic heterocycles. The maximum absolute atomic E-state index is 13.3. The van der Waals surface area contributed by atoms with Crippen molar-refractivity contribution >= 4 is 35.4 Å². The highest BCUT2D eigenvalue weighted by atomic mass is 32.2. The topological polar surface area (TPSA) is 108 Å². The van der Waals surface area contributed by atoms with E-state index in [1.54, 1.807) is 11.8 Å². The highest BCUT2D eigenvalue weighted by Gasteiger charge is 2.47. The lowest BCUT2D eigenvalue weighted by atomic mass is 9.79. The van der Waals surface area contributed by atoms with Gasteiger partial charge in [0.15, 0.2) is 0 Å². The van der Waals surface area contributed by atoms with Crippen molar-refractivity contribution in [2.45, 2.75) is 96.7 Å². The van der Waals surface area contributed by atoms with Crippen LogP contribution in [0.25, 0.3) is 0 Å². The number of unbranched alkanes of at least 4 members (excludes halogenated alkanes) is 3. The number of nitrogens with one attached hydrogen (secondary N) is 3. The number of carbonyl (C=O) groups excluding carboxylic acids is 4. The lowest BCUT2D eigenvalue weighted by Gasteiger charge is -2.48. The van der Waals surface area contributed by atoms with Crippen LogP contribution >= 0.6 is 11.8 Å². The zero-order chi connectivity index (χ0) is 26.5. The molecule has 1 saturated heterocycles. The third kappa shape index (κ3) is 7.09. The van der Waals surface area contributed by atoms with Gasteiger partial charge < -0.3 is 5.32 Å². The van der Waals surface area contributed by atoms with Crippen molar-refractivity contribution in [3.05, 3.63) is 34.9 Å². The zero-order valence-electron chi connectivity index (χ0n) is 22.2. The van der Waals surface area contributed by atoms with E-state index in [0.717, 1.165) is 12.2 Å². The summed E-state index contributed by atoms with van der Waals surface area (Å²) in [6.45, 7) is 10.5. The fraction of sp³-hybridized carbons (Fsp3) is 0.630. The van der Waals surface area contributed by atoms with Crippen molar-refractivity contribution in [1.82, 2.24) is 21.1 Å². The highest BCUT2D eigenvalue weighted by molar-refractivity contribution is 7.99. The lowest BCUT2D eigenvalue weighted by molar-refractivity contribution is -0.121. The van der Waals surface area contributed by atoms with Gasteiger partial charge in [-0.25, -0.2) is 0 Å². The maximum Gasteiger partial charge on any atom is 0.269 e. The quantitative estimate of drug-likeness (QED) is 0.246. The van der Waals surface area contributed by atoms with E-state index >= 15 is 0 Å². The molecule has 2 heterocycles. The van der Waals surface area contributed by atoms with Crippen molar-refractivity contribution in [3.8, 4) is 0 Å². The molecule has 0 aliphatic carbocycles. The zero-order valence-corrected chi connectivity index (χ0v) is 23.0. The molecule has 0 radical (unpaired) electrons. The van der Waals surface area contributed by atoms with E-state index in [0.29, 0.717) is 30.6 Å². The lowest BCUT2D eigenvalue weighted by Crippen LogP contribution is -2.62. The van der Waals surface area contributed by atoms with Crippen LogP contribution in [-0.2, 0) is 4.79 Å². The highest BCUT2D eigenvalue weighted by Crippen LogP contribution is 2.36. The molecule has 0 saturated carbocycles. The van der Waals surface area contributed by atoms with Gasteiger partial charge in [0, 0.05) is 34.9 Å². The summed E-state index contributed by atoms with van der Waals surface area (Å²) in [5.74, 6) is 0.248. The van der Waals surface area contributed by atoms with Crippen LogP contribution in [0.2, 0.25) is 0 Å². The Morgan fingerprint density at radius 3 is 2.31 bits per heavy atom. The molecule has 2 aliphatic rings. The molecular formula is C27H40N4O4S. The van der Waals surface area contributed by atoms with Gasteiger partial charge in [0.1, 0.15) is 0 Å². The maximum atomic E-state index is 13.3. The predicted molar refractivity (Wildman–Crippen MR) is 143 cm³/mol. The van der Waals surface area contributed by atoms with Gasteiger partial charge >= 0.3 is 0 Å². The average Bonchev–Trinajstić information content (AvgIpc) is 3.04. The molecular weight excluding hydrogens is 476 g/mol. The van der Waals surface area contributed by atoms with Gasteiger partial charge in [-0.05, 0) is 70.9 Å². The Labute approximate surface area is 218 Å². The van der Waals surface area contributed by atoms with Crippen molar-refractivity contribution < 1.29 is 19.2 Å². The SMILES string of the molecule is CCCCCCSCCC(=O)NNC(=O)c1ccc2c(c1)C(=O)N(C1CC(C)(C)NC(C)(C)C1)C2=O. The normalized spacial score (nSPS) is 18.8. The van der Waals surface area contributed by atoms with Crippen LogP contribution in [0.4, 0.5) is 0 Å². The summed E-state index contributed by atoms with van der Waals surface area (Å²) < 4.78 is 0. The first-order chi connectivity index (χ1) is 16.9. The average molecular weight is 517 g/mol. The first-order valence-corrected chi connectivity index (χ1v) is 14.1. The molecule has 1 aromatic rings. The van der Waals surface area contributed by atoms with Crippen LogP contribution in [0, 0.1) is 0 Å². The van der Waals surface area contributed by atoms with Crippen LogP contribution in [0.15, 0.2) is 18.2 Å². The molecule has 8 nitrogen and oxygen atoms in total. The largest absolute Gasteiger partial charge is 0.307 e.